The molecule has 0 bridgehead atoms. The van der Waals surface area contributed by atoms with Crippen LogP contribution in [-0.2, 0) is 9.84 Å². The predicted molar refractivity (Wildman–Crippen MR) is 77.5 cm³/mol. The van der Waals surface area contributed by atoms with Crippen LogP contribution in [0.1, 0.15) is 5.56 Å². The van der Waals surface area contributed by atoms with Crippen LogP contribution in [0.4, 0.5) is 0 Å². The van der Waals surface area contributed by atoms with Gasteiger partial charge in [0.05, 0.1) is 16.9 Å². The van der Waals surface area contributed by atoms with Gasteiger partial charge in [-0.25, -0.2) is 8.42 Å². The molecule has 1 saturated heterocycles. The summed E-state index contributed by atoms with van der Waals surface area (Å²) in [5.74, 6) is 0.612. The van der Waals surface area contributed by atoms with Gasteiger partial charge < -0.3 is 10.1 Å². The lowest BCUT2D eigenvalue weighted by Gasteiger charge is -2.27. The summed E-state index contributed by atoms with van der Waals surface area (Å²) in [5, 5.41) is 3.27. The van der Waals surface area contributed by atoms with Crippen molar-refractivity contribution in [1.29, 1.82) is 0 Å². The van der Waals surface area contributed by atoms with Crippen LogP contribution in [0.5, 0.6) is 5.75 Å². The topological polar surface area (TPSA) is 58.6 Å². The van der Waals surface area contributed by atoms with Crippen molar-refractivity contribution in [3.05, 3.63) is 28.7 Å². The third-order valence-electron chi connectivity index (χ3n) is 3.78. The van der Waals surface area contributed by atoms with Gasteiger partial charge in [-0.2, -0.15) is 0 Å². The Labute approximate surface area is 119 Å². The lowest BCUT2D eigenvalue weighted by molar-refractivity contribution is 0.263. The van der Waals surface area contributed by atoms with Crippen molar-refractivity contribution in [2.45, 2.75) is 4.90 Å². The second-order valence-corrected chi connectivity index (χ2v) is 6.98. The number of nitrogens with one attached hydrogen (secondary N) is 1. The van der Waals surface area contributed by atoms with Crippen molar-refractivity contribution in [3.63, 3.8) is 0 Å². The molecule has 5 nitrogen and oxygen atoms in total. The predicted octanol–water partition coefficient (Wildman–Crippen LogP) is 0.729. The lowest BCUT2D eigenvalue weighted by atomic mass is 10.2. The standard InChI is InChI=1S/C14H18N2O3S/c1-19-13-3-2-4-14-12(13)9-11(20(14,17)18)10-16-7-5-15-6-8-16/h2-4,9,15H,5-8,10H2,1H3. The first kappa shape index (κ1) is 13.6. The molecule has 0 saturated carbocycles. The molecule has 2 aliphatic rings. The summed E-state index contributed by atoms with van der Waals surface area (Å²) in [6.07, 6.45) is 1.76. The zero-order chi connectivity index (χ0) is 14.2. The van der Waals surface area contributed by atoms with Gasteiger partial charge in [-0.15, -0.1) is 0 Å². The highest BCUT2D eigenvalue weighted by Crippen LogP contribution is 2.38. The third kappa shape index (κ3) is 2.24. The van der Waals surface area contributed by atoms with Crippen molar-refractivity contribution in [3.8, 4) is 5.75 Å². The van der Waals surface area contributed by atoms with E-state index in [1.807, 2.05) is 0 Å². The molecular formula is C14H18N2O3S. The molecule has 108 valence electrons. The van der Waals surface area contributed by atoms with Crippen LogP contribution in [0.3, 0.4) is 0 Å². The van der Waals surface area contributed by atoms with Gasteiger partial charge in [0.1, 0.15) is 5.75 Å². The Morgan fingerprint density at radius 1 is 1.30 bits per heavy atom. The quantitative estimate of drug-likeness (QED) is 0.890. The first-order valence-electron chi connectivity index (χ1n) is 6.68. The molecule has 0 amide bonds. The molecule has 0 atom stereocenters. The summed E-state index contributed by atoms with van der Waals surface area (Å²) in [7, 11) is -1.80. The maximum Gasteiger partial charge on any atom is 0.204 e. The molecule has 1 fully saturated rings. The lowest BCUT2D eigenvalue weighted by Crippen LogP contribution is -2.44. The summed E-state index contributed by atoms with van der Waals surface area (Å²) >= 11 is 0. The monoisotopic (exact) mass is 294 g/mol. The van der Waals surface area contributed by atoms with Crippen LogP contribution in [-0.4, -0.2) is 53.2 Å². The van der Waals surface area contributed by atoms with Crippen LogP contribution in [0.25, 0.3) is 6.08 Å². The molecule has 3 rings (SSSR count). The maximum absolute atomic E-state index is 12.6. The molecule has 20 heavy (non-hydrogen) atoms. The average Bonchev–Trinajstić information content (AvgIpc) is 2.72. The largest absolute Gasteiger partial charge is 0.496 e. The van der Waals surface area contributed by atoms with E-state index in [2.05, 4.69) is 10.2 Å². The first-order chi connectivity index (χ1) is 9.63. The Kier molecular flexibility index (Phi) is 3.54. The van der Waals surface area contributed by atoms with Crippen LogP contribution in [0.15, 0.2) is 28.0 Å². The minimum absolute atomic E-state index is 0.363. The van der Waals surface area contributed by atoms with Gasteiger partial charge >= 0.3 is 0 Å². The summed E-state index contributed by atoms with van der Waals surface area (Å²) in [6.45, 7) is 4.04. The second kappa shape index (κ2) is 5.20. The number of fused-ring (bicyclic) bond motifs is 1. The Morgan fingerprint density at radius 2 is 2.05 bits per heavy atom. The molecule has 1 aromatic rings. The van der Waals surface area contributed by atoms with Gasteiger partial charge in [-0.3, -0.25) is 4.90 Å². The number of ether oxygens (including phenoxy) is 1. The van der Waals surface area contributed by atoms with E-state index in [-0.39, 0.29) is 0 Å². The molecule has 2 heterocycles. The Hall–Kier alpha value is -1.37. The molecule has 0 aromatic heterocycles. The van der Waals surface area contributed by atoms with Crippen molar-refractivity contribution >= 4 is 15.9 Å². The highest BCUT2D eigenvalue weighted by Gasteiger charge is 2.32. The highest BCUT2D eigenvalue weighted by molar-refractivity contribution is 7.95. The fourth-order valence-corrected chi connectivity index (χ4v) is 4.29. The molecule has 0 spiro atoms. The van der Waals surface area contributed by atoms with E-state index in [0.29, 0.717) is 27.7 Å². The van der Waals surface area contributed by atoms with Gasteiger partial charge in [0, 0.05) is 38.3 Å². The summed E-state index contributed by atoms with van der Waals surface area (Å²) in [6, 6.07) is 5.16. The molecular weight excluding hydrogens is 276 g/mol. The van der Waals surface area contributed by atoms with E-state index < -0.39 is 9.84 Å². The number of methoxy groups -OCH3 is 1. The van der Waals surface area contributed by atoms with Crippen molar-refractivity contribution in [2.24, 2.45) is 0 Å². The fourth-order valence-electron chi connectivity index (χ4n) is 2.68. The number of piperazine rings is 1. The highest BCUT2D eigenvalue weighted by atomic mass is 32.2. The normalized spacial score (nSPS) is 21.4. The number of hydrogen-bond donors (Lipinski definition) is 1. The Morgan fingerprint density at radius 3 is 2.75 bits per heavy atom. The van der Waals surface area contributed by atoms with Gasteiger partial charge in [0.15, 0.2) is 0 Å². The Bertz CT molecular complexity index is 646. The number of hydrogen-bond acceptors (Lipinski definition) is 5. The van der Waals surface area contributed by atoms with Crippen LogP contribution in [0.2, 0.25) is 0 Å². The van der Waals surface area contributed by atoms with Gasteiger partial charge in [0.25, 0.3) is 0 Å². The molecule has 1 N–H and O–H groups in total. The number of sulfone groups is 1. The SMILES string of the molecule is COc1cccc2c1C=C(CN1CCNCC1)S2(=O)=O. The smallest absolute Gasteiger partial charge is 0.204 e. The minimum atomic E-state index is -3.36. The van der Waals surface area contributed by atoms with Gasteiger partial charge in [0.2, 0.25) is 9.84 Å². The molecule has 6 heteroatoms. The van der Waals surface area contributed by atoms with E-state index in [9.17, 15) is 8.42 Å². The maximum atomic E-state index is 12.6. The first-order valence-corrected chi connectivity index (χ1v) is 8.17. The van der Waals surface area contributed by atoms with E-state index in [4.69, 9.17) is 4.74 Å². The fraction of sp³-hybridized carbons (Fsp3) is 0.429. The molecule has 0 radical (unpaired) electrons. The Balaban J connectivity index is 1.93. The van der Waals surface area contributed by atoms with E-state index >= 15 is 0 Å². The van der Waals surface area contributed by atoms with Gasteiger partial charge in [-0.1, -0.05) is 6.07 Å². The van der Waals surface area contributed by atoms with Gasteiger partial charge in [-0.05, 0) is 18.2 Å². The van der Waals surface area contributed by atoms with Crippen LogP contribution < -0.4 is 10.1 Å². The zero-order valence-corrected chi connectivity index (χ0v) is 12.2. The summed E-state index contributed by atoms with van der Waals surface area (Å²) < 4.78 is 30.4. The van der Waals surface area contributed by atoms with E-state index in [1.54, 1.807) is 31.4 Å². The molecule has 0 unspecified atom stereocenters. The molecule has 1 aromatic carbocycles. The van der Waals surface area contributed by atoms with E-state index in [1.165, 1.54) is 0 Å². The second-order valence-electron chi connectivity index (χ2n) is 5.01. The summed E-state index contributed by atoms with van der Waals surface area (Å²) in [4.78, 5) is 3.00. The number of nitrogens with zero attached hydrogens (tertiary/aromatic N) is 1. The minimum Gasteiger partial charge on any atom is -0.496 e. The number of benzene rings is 1. The molecule has 0 aliphatic carbocycles. The van der Waals surface area contributed by atoms with Crippen LogP contribution >= 0.6 is 0 Å². The van der Waals surface area contributed by atoms with E-state index in [0.717, 1.165) is 26.2 Å². The van der Waals surface area contributed by atoms with Crippen molar-refractivity contribution < 1.29 is 13.2 Å². The molecule has 2 aliphatic heterocycles. The summed E-state index contributed by atoms with van der Waals surface area (Å²) in [5.41, 5.74) is 0.681. The van der Waals surface area contributed by atoms with Crippen LogP contribution in [0, 0.1) is 0 Å². The van der Waals surface area contributed by atoms with Crippen molar-refractivity contribution in [1.82, 2.24) is 10.2 Å². The van der Waals surface area contributed by atoms with Crippen molar-refractivity contribution in [2.75, 3.05) is 39.8 Å². The number of rotatable bonds is 3. The third-order valence-corrected chi connectivity index (χ3v) is 5.65. The average molecular weight is 294 g/mol. The zero-order valence-electron chi connectivity index (χ0n) is 11.4.